The smallest absolute Gasteiger partial charge is 0.161 e. The molecular formula is C19H27NO3. The van der Waals surface area contributed by atoms with Crippen molar-refractivity contribution in [3.8, 4) is 11.5 Å². The first-order chi connectivity index (χ1) is 11.1. The van der Waals surface area contributed by atoms with Gasteiger partial charge in [0, 0.05) is 17.4 Å². The molecule has 0 spiro atoms. The van der Waals surface area contributed by atoms with Gasteiger partial charge in [0.15, 0.2) is 11.5 Å². The van der Waals surface area contributed by atoms with Gasteiger partial charge >= 0.3 is 0 Å². The number of ether oxygens (including phenoxy) is 2. The summed E-state index contributed by atoms with van der Waals surface area (Å²) in [6.07, 6.45) is 4.39. The summed E-state index contributed by atoms with van der Waals surface area (Å²) in [6, 6.07) is 6.89. The van der Waals surface area contributed by atoms with E-state index in [2.05, 4.69) is 24.1 Å². The number of hydrogen-bond donors (Lipinski definition) is 1. The van der Waals surface area contributed by atoms with Crippen molar-refractivity contribution < 1.29 is 14.6 Å². The molecule has 0 aromatic heterocycles. The van der Waals surface area contributed by atoms with Gasteiger partial charge in [-0.3, -0.25) is 0 Å². The molecule has 1 unspecified atom stereocenters. The third-order valence-corrected chi connectivity index (χ3v) is 6.80. The van der Waals surface area contributed by atoms with Crippen LogP contribution in [0.3, 0.4) is 0 Å². The first-order valence-electron chi connectivity index (χ1n) is 8.72. The van der Waals surface area contributed by atoms with E-state index in [0.29, 0.717) is 17.9 Å². The van der Waals surface area contributed by atoms with Gasteiger partial charge in [-0.15, -0.1) is 0 Å². The lowest BCUT2D eigenvalue weighted by Crippen LogP contribution is -2.61. The minimum Gasteiger partial charge on any atom is -0.493 e. The van der Waals surface area contributed by atoms with Crippen molar-refractivity contribution in [3.05, 3.63) is 23.8 Å². The second kappa shape index (κ2) is 5.38. The average Bonchev–Trinajstić information content (AvgIpc) is 2.95. The van der Waals surface area contributed by atoms with Crippen molar-refractivity contribution in [2.75, 3.05) is 27.8 Å². The normalized spacial score (nSPS) is 39.3. The average molecular weight is 317 g/mol. The maximum Gasteiger partial charge on any atom is 0.161 e. The highest BCUT2D eigenvalue weighted by molar-refractivity contribution is 5.47. The molecule has 4 heteroatoms. The van der Waals surface area contributed by atoms with E-state index in [-0.39, 0.29) is 11.5 Å². The molecule has 0 amide bonds. The van der Waals surface area contributed by atoms with Crippen LogP contribution >= 0.6 is 0 Å². The van der Waals surface area contributed by atoms with Gasteiger partial charge in [-0.05, 0) is 62.9 Å². The Morgan fingerprint density at radius 2 is 1.96 bits per heavy atom. The Morgan fingerprint density at radius 3 is 2.65 bits per heavy atom. The van der Waals surface area contributed by atoms with Crippen LogP contribution in [0.25, 0.3) is 0 Å². The highest BCUT2D eigenvalue weighted by Gasteiger charge is 2.61. The van der Waals surface area contributed by atoms with Crippen LogP contribution in [-0.4, -0.2) is 50.0 Å². The molecular weight excluding hydrogens is 290 g/mol. The number of rotatable bonds is 3. The van der Waals surface area contributed by atoms with E-state index in [0.717, 1.165) is 30.9 Å². The van der Waals surface area contributed by atoms with E-state index in [4.69, 9.17) is 9.47 Å². The predicted octanol–water partition coefficient (Wildman–Crippen LogP) is 2.44. The number of benzene rings is 1. The van der Waals surface area contributed by atoms with Gasteiger partial charge in [-0.25, -0.2) is 0 Å². The minimum absolute atomic E-state index is 0.132. The van der Waals surface area contributed by atoms with Gasteiger partial charge in [0.1, 0.15) is 0 Å². The fraction of sp³-hybridized carbons (Fsp3) is 0.684. The maximum atomic E-state index is 10.5. The molecule has 4 fully saturated rings. The largest absolute Gasteiger partial charge is 0.493 e. The Morgan fingerprint density at radius 1 is 1.17 bits per heavy atom. The third kappa shape index (κ3) is 1.97. The molecule has 1 aromatic carbocycles. The fourth-order valence-electron chi connectivity index (χ4n) is 5.88. The second-order valence-corrected chi connectivity index (χ2v) is 7.53. The second-order valence-electron chi connectivity index (χ2n) is 7.53. The first kappa shape index (κ1) is 15.3. The maximum absolute atomic E-state index is 10.5. The standard InChI is InChI=1S/C19H27NO3/c1-20-9-8-19(12-4-6-14(18(19)20)15(21)10-12)13-5-7-16(22-2)17(11-13)23-3/h5,7,11-12,14-15,18,21H,4,6,8-10H2,1-3H3/t12?,14-,15-,18-,19+/m0/s1. The van der Waals surface area contributed by atoms with E-state index < -0.39 is 0 Å². The fourth-order valence-corrected chi connectivity index (χ4v) is 5.88. The Bertz CT molecular complexity index is 604. The van der Waals surface area contributed by atoms with E-state index in [1.54, 1.807) is 14.2 Å². The van der Waals surface area contributed by atoms with E-state index >= 15 is 0 Å². The van der Waals surface area contributed by atoms with Crippen LogP contribution in [0.4, 0.5) is 0 Å². The number of hydrogen-bond acceptors (Lipinski definition) is 4. The molecule has 0 radical (unpaired) electrons. The molecule has 126 valence electrons. The van der Waals surface area contributed by atoms with Crippen LogP contribution in [-0.2, 0) is 5.41 Å². The lowest BCUT2D eigenvalue weighted by molar-refractivity contribution is -0.0805. The van der Waals surface area contributed by atoms with E-state index in [1.807, 2.05) is 6.07 Å². The predicted molar refractivity (Wildman–Crippen MR) is 89.1 cm³/mol. The molecule has 4 aliphatic rings. The lowest BCUT2D eigenvalue weighted by atomic mass is 9.50. The third-order valence-electron chi connectivity index (χ3n) is 6.80. The van der Waals surface area contributed by atoms with Crippen molar-refractivity contribution in [1.82, 2.24) is 4.90 Å². The van der Waals surface area contributed by atoms with Gasteiger partial charge in [0.05, 0.1) is 20.3 Å². The van der Waals surface area contributed by atoms with Gasteiger partial charge in [0.2, 0.25) is 0 Å². The van der Waals surface area contributed by atoms with Crippen LogP contribution in [0.1, 0.15) is 31.2 Å². The molecule has 2 bridgehead atoms. The quantitative estimate of drug-likeness (QED) is 0.930. The Hall–Kier alpha value is -1.26. The molecule has 3 saturated carbocycles. The molecule has 5 rings (SSSR count). The number of aliphatic hydroxyl groups excluding tert-OH is 1. The zero-order valence-corrected chi connectivity index (χ0v) is 14.3. The zero-order valence-electron chi connectivity index (χ0n) is 14.3. The molecule has 1 saturated heterocycles. The highest BCUT2D eigenvalue weighted by atomic mass is 16.5. The van der Waals surface area contributed by atoms with Gasteiger partial charge in [-0.2, -0.15) is 0 Å². The zero-order chi connectivity index (χ0) is 16.2. The van der Waals surface area contributed by atoms with Crippen LogP contribution in [0.2, 0.25) is 0 Å². The number of likely N-dealkylation sites (N-methyl/N-ethyl adjacent to an activating group) is 1. The van der Waals surface area contributed by atoms with Crippen molar-refractivity contribution in [2.45, 2.75) is 43.2 Å². The van der Waals surface area contributed by atoms with Crippen LogP contribution in [0, 0.1) is 11.8 Å². The molecule has 4 nitrogen and oxygen atoms in total. The molecule has 23 heavy (non-hydrogen) atoms. The summed E-state index contributed by atoms with van der Waals surface area (Å²) in [6.45, 7) is 1.11. The lowest BCUT2D eigenvalue weighted by Gasteiger charge is -2.57. The van der Waals surface area contributed by atoms with Crippen LogP contribution in [0.5, 0.6) is 11.5 Å². The Kier molecular flexibility index (Phi) is 3.58. The van der Waals surface area contributed by atoms with Crippen LogP contribution in [0.15, 0.2) is 18.2 Å². The summed E-state index contributed by atoms with van der Waals surface area (Å²) < 4.78 is 11.0. The number of nitrogens with zero attached hydrogens (tertiary/aromatic N) is 1. The van der Waals surface area contributed by atoms with E-state index in [9.17, 15) is 5.11 Å². The molecule has 1 heterocycles. The number of aliphatic hydroxyl groups is 1. The summed E-state index contributed by atoms with van der Waals surface area (Å²) in [5.41, 5.74) is 1.53. The van der Waals surface area contributed by atoms with Crippen LogP contribution < -0.4 is 9.47 Å². The van der Waals surface area contributed by atoms with Gasteiger partial charge in [0.25, 0.3) is 0 Å². The molecule has 1 aromatic rings. The number of fused-ring (bicyclic) bond motifs is 2. The van der Waals surface area contributed by atoms with Crippen molar-refractivity contribution in [1.29, 1.82) is 0 Å². The summed E-state index contributed by atoms with van der Waals surface area (Å²) in [5.74, 6) is 2.57. The minimum atomic E-state index is -0.132. The first-order valence-corrected chi connectivity index (χ1v) is 8.72. The van der Waals surface area contributed by atoms with Gasteiger partial charge in [-0.1, -0.05) is 6.07 Å². The summed E-state index contributed by atoms with van der Waals surface area (Å²) in [4.78, 5) is 2.48. The number of methoxy groups -OCH3 is 2. The van der Waals surface area contributed by atoms with Crippen molar-refractivity contribution in [3.63, 3.8) is 0 Å². The van der Waals surface area contributed by atoms with Gasteiger partial charge < -0.3 is 19.5 Å². The molecule has 1 N–H and O–H groups in total. The molecule has 5 atom stereocenters. The Balaban J connectivity index is 1.83. The Labute approximate surface area is 138 Å². The summed E-state index contributed by atoms with van der Waals surface area (Å²) in [5, 5.41) is 10.5. The monoisotopic (exact) mass is 317 g/mol. The van der Waals surface area contributed by atoms with Crippen molar-refractivity contribution in [2.24, 2.45) is 11.8 Å². The summed E-state index contributed by atoms with van der Waals surface area (Å²) >= 11 is 0. The topological polar surface area (TPSA) is 41.9 Å². The van der Waals surface area contributed by atoms with E-state index in [1.165, 1.54) is 18.4 Å². The summed E-state index contributed by atoms with van der Waals surface area (Å²) in [7, 11) is 5.61. The van der Waals surface area contributed by atoms with Crippen molar-refractivity contribution >= 4 is 0 Å². The SMILES string of the molecule is COc1ccc([C@]23CCN(C)[C@H]2[C@H]2CCC3C[C@@H]2O)cc1OC. The highest BCUT2D eigenvalue weighted by Crippen LogP contribution is 2.60. The molecule has 3 aliphatic carbocycles. The molecule has 1 aliphatic heterocycles. The number of likely N-dealkylation sites (tertiary alicyclic amines) is 1.